The van der Waals surface area contributed by atoms with Crippen LogP contribution < -0.4 is 14.4 Å². The van der Waals surface area contributed by atoms with E-state index in [1.54, 1.807) is 49.6 Å². The Bertz CT molecular complexity index is 1660. The molecule has 1 fully saturated rings. The van der Waals surface area contributed by atoms with E-state index < -0.39 is 17.7 Å². The summed E-state index contributed by atoms with van der Waals surface area (Å²) >= 11 is 7.39. The topological polar surface area (TPSA) is 89.0 Å². The van der Waals surface area contributed by atoms with Crippen LogP contribution in [0.4, 0.5) is 5.13 Å². The number of hydrogen-bond acceptors (Lipinski definition) is 7. The van der Waals surface area contributed by atoms with Crippen molar-refractivity contribution in [3.05, 3.63) is 87.4 Å². The summed E-state index contributed by atoms with van der Waals surface area (Å²) in [6, 6.07) is 14.9. The zero-order valence-corrected chi connectivity index (χ0v) is 24.9. The summed E-state index contributed by atoms with van der Waals surface area (Å²) < 4.78 is 12.5. The number of thiazole rings is 1. The number of fused-ring (bicyclic) bond motifs is 1. The molecule has 1 aliphatic rings. The minimum absolute atomic E-state index is 0.0388. The fourth-order valence-corrected chi connectivity index (χ4v) is 6.37. The maximum Gasteiger partial charge on any atom is 0.301 e. The van der Waals surface area contributed by atoms with Crippen LogP contribution in [0.1, 0.15) is 54.5 Å². The van der Waals surface area contributed by atoms with Crippen LogP contribution in [-0.4, -0.2) is 35.5 Å². The molecule has 1 N–H and O–H groups in total. The first-order valence-corrected chi connectivity index (χ1v) is 14.7. The summed E-state index contributed by atoms with van der Waals surface area (Å²) in [5.74, 6) is -0.828. The number of Topliss-reactive ketones (excluding diaryl/α,β-unsaturated/α-hetero) is 1. The molecule has 9 heteroatoms. The molecule has 4 aromatic rings. The van der Waals surface area contributed by atoms with Gasteiger partial charge in [-0.3, -0.25) is 14.5 Å². The largest absolute Gasteiger partial charge is 0.507 e. The van der Waals surface area contributed by atoms with E-state index in [4.69, 9.17) is 26.1 Å². The highest BCUT2D eigenvalue weighted by Gasteiger charge is 2.48. The predicted octanol–water partition coefficient (Wildman–Crippen LogP) is 7.77. The second-order valence-electron chi connectivity index (χ2n) is 10.1. The van der Waals surface area contributed by atoms with Crippen molar-refractivity contribution in [1.82, 2.24) is 4.98 Å². The van der Waals surface area contributed by atoms with Crippen molar-refractivity contribution in [1.29, 1.82) is 0 Å². The van der Waals surface area contributed by atoms with Gasteiger partial charge in [-0.25, -0.2) is 4.98 Å². The van der Waals surface area contributed by atoms with Crippen molar-refractivity contribution in [2.75, 3.05) is 18.6 Å². The van der Waals surface area contributed by atoms with Gasteiger partial charge in [0.2, 0.25) is 0 Å². The summed E-state index contributed by atoms with van der Waals surface area (Å²) in [4.78, 5) is 33.4. The Morgan fingerprint density at radius 1 is 1.05 bits per heavy atom. The van der Waals surface area contributed by atoms with E-state index in [-0.39, 0.29) is 11.3 Å². The quantitative estimate of drug-likeness (QED) is 0.0927. The molecule has 1 saturated heterocycles. The van der Waals surface area contributed by atoms with Crippen molar-refractivity contribution in [3.63, 3.8) is 0 Å². The lowest BCUT2D eigenvalue weighted by molar-refractivity contribution is -0.132. The van der Waals surface area contributed by atoms with Crippen LogP contribution in [0.15, 0.2) is 60.2 Å². The molecule has 41 heavy (non-hydrogen) atoms. The maximum absolute atomic E-state index is 13.7. The van der Waals surface area contributed by atoms with Gasteiger partial charge in [-0.2, -0.15) is 0 Å². The summed E-state index contributed by atoms with van der Waals surface area (Å²) in [7, 11) is 1.54. The van der Waals surface area contributed by atoms with Gasteiger partial charge in [0.15, 0.2) is 16.6 Å². The maximum atomic E-state index is 13.7. The molecule has 1 amide bonds. The van der Waals surface area contributed by atoms with E-state index >= 15 is 0 Å². The van der Waals surface area contributed by atoms with Crippen molar-refractivity contribution in [3.8, 4) is 11.5 Å². The summed E-state index contributed by atoms with van der Waals surface area (Å²) in [5.41, 5.74) is 3.72. The molecule has 0 aliphatic carbocycles. The average Bonchev–Trinajstić information content (AvgIpc) is 3.49. The van der Waals surface area contributed by atoms with Crippen LogP contribution in [0.25, 0.3) is 16.0 Å². The molecule has 1 atom stereocenters. The van der Waals surface area contributed by atoms with Gasteiger partial charge >= 0.3 is 5.91 Å². The Hall–Kier alpha value is -3.88. The number of rotatable bonds is 9. The Balaban J connectivity index is 1.67. The predicted molar refractivity (Wildman–Crippen MR) is 163 cm³/mol. The standard InChI is InChI=1S/C32H31ClN2O5S/c1-5-6-7-14-40-23-13-10-21(17-24(23)39-4)28-26(29(36)20-8-11-22(33)12-9-20)30(37)31(38)35(28)32-34-27-19(3)15-18(2)16-25(27)41-32/h8-13,15-17,28,36H,5-7,14H2,1-4H3/b29-26+. The number of carbonyl (C=O) groups excluding carboxylic acids is 2. The molecule has 0 radical (unpaired) electrons. The minimum Gasteiger partial charge on any atom is -0.507 e. The summed E-state index contributed by atoms with van der Waals surface area (Å²) in [6.07, 6.45) is 3.05. The Morgan fingerprint density at radius 3 is 2.51 bits per heavy atom. The lowest BCUT2D eigenvalue weighted by atomic mass is 9.95. The number of aliphatic hydroxyl groups excluding tert-OH is 1. The van der Waals surface area contributed by atoms with Crippen LogP contribution in [0.3, 0.4) is 0 Å². The Kier molecular flexibility index (Phi) is 8.33. The van der Waals surface area contributed by atoms with Crippen molar-refractivity contribution < 1.29 is 24.2 Å². The number of nitrogens with zero attached hydrogens (tertiary/aromatic N) is 2. The SMILES string of the molecule is CCCCCOc1ccc(C2/C(=C(\O)c3ccc(Cl)cc3)C(=O)C(=O)N2c2nc3c(C)cc(C)cc3s2)cc1OC. The fraction of sp³-hybridized carbons (Fsp3) is 0.281. The van der Waals surface area contributed by atoms with Crippen LogP contribution >= 0.6 is 22.9 Å². The minimum atomic E-state index is -0.948. The molecule has 0 saturated carbocycles. The second-order valence-corrected chi connectivity index (χ2v) is 11.5. The van der Waals surface area contributed by atoms with E-state index in [1.165, 1.54) is 16.2 Å². The molecule has 5 rings (SSSR count). The number of methoxy groups -OCH3 is 1. The van der Waals surface area contributed by atoms with Crippen molar-refractivity contribution >= 4 is 55.7 Å². The van der Waals surface area contributed by atoms with Gasteiger partial charge in [0.25, 0.3) is 5.78 Å². The molecular formula is C32H31ClN2O5S. The molecule has 3 aromatic carbocycles. The monoisotopic (exact) mass is 590 g/mol. The molecule has 212 valence electrons. The smallest absolute Gasteiger partial charge is 0.301 e. The van der Waals surface area contributed by atoms with E-state index in [0.717, 1.165) is 40.6 Å². The zero-order chi connectivity index (χ0) is 29.3. The van der Waals surface area contributed by atoms with Crippen LogP contribution in [0.5, 0.6) is 11.5 Å². The number of benzene rings is 3. The summed E-state index contributed by atoms with van der Waals surface area (Å²) in [5, 5.41) is 12.3. The normalized spacial score (nSPS) is 16.5. The first kappa shape index (κ1) is 28.6. The van der Waals surface area contributed by atoms with Crippen LogP contribution in [-0.2, 0) is 9.59 Å². The molecule has 1 unspecified atom stereocenters. The second kappa shape index (κ2) is 11.9. The number of aryl methyl sites for hydroxylation is 2. The first-order valence-electron chi connectivity index (χ1n) is 13.5. The number of anilines is 1. The van der Waals surface area contributed by atoms with Gasteiger partial charge in [0.1, 0.15) is 5.76 Å². The number of aromatic nitrogens is 1. The van der Waals surface area contributed by atoms with Gasteiger partial charge in [0.05, 0.1) is 35.5 Å². The highest BCUT2D eigenvalue weighted by atomic mass is 35.5. The number of carbonyl (C=O) groups is 2. The summed E-state index contributed by atoms with van der Waals surface area (Å²) in [6.45, 7) is 6.64. The lowest BCUT2D eigenvalue weighted by Crippen LogP contribution is -2.29. The zero-order valence-electron chi connectivity index (χ0n) is 23.4. The Labute approximate surface area is 248 Å². The van der Waals surface area contributed by atoms with E-state index in [2.05, 4.69) is 6.92 Å². The number of ether oxygens (including phenoxy) is 2. The van der Waals surface area contributed by atoms with E-state index in [1.807, 2.05) is 26.0 Å². The molecular weight excluding hydrogens is 560 g/mol. The molecule has 7 nitrogen and oxygen atoms in total. The fourth-order valence-electron chi connectivity index (χ4n) is 5.08. The highest BCUT2D eigenvalue weighted by Crippen LogP contribution is 2.46. The van der Waals surface area contributed by atoms with Crippen LogP contribution in [0, 0.1) is 13.8 Å². The number of ketones is 1. The van der Waals surface area contributed by atoms with Gasteiger partial charge in [0, 0.05) is 10.6 Å². The third-order valence-corrected chi connectivity index (χ3v) is 8.35. The average molecular weight is 591 g/mol. The highest BCUT2D eigenvalue weighted by molar-refractivity contribution is 7.22. The van der Waals surface area contributed by atoms with Crippen molar-refractivity contribution in [2.24, 2.45) is 0 Å². The van der Waals surface area contributed by atoms with E-state index in [0.29, 0.717) is 39.4 Å². The van der Waals surface area contributed by atoms with Crippen LogP contribution in [0.2, 0.25) is 5.02 Å². The Morgan fingerprint density at radius 2 is 1.80 bits per heavy atom. The molecule has 0 bridgehead atoms. The molecule has 2 heterocycles. The third kappa shape index (κ3) is 5.54. The number of hydrogen-bond donors (Lipinski definition) is 1. The molecule has 1 aliphatic heterocycles. The van der Waals surface area contributed by atoms with Gasteiger partial charge < -0.3 is 14.6 Å². The number of halogens is 1. The number of amides is 1. The third-order valence-electron chi connectivity index (χ3n) is 7.10. The lowest BCUT2D eigenvalue weighted by Gasteiger charge is -2.24. The first-order chi connectivity index (χ1) is 19.7. The van der Waals surface area contributed by atoms with Gasteiger partial charge in [-0.15, -0.1) is 0 Å². The molecule has 0 spiro atoms. The number of aliphatic hydroxyl groups is 1. The van der Waals surface area contributed by atoms with Gasteiger partial charge in [-0.1, -0.05) is 54.8 Å². The van der Waals surface area contributed by atoms with Crippen molar-refractivity contribution in [2.45, 2.75) is 46.1 Å². The number of unbranched alkanes of at least 4 members (excludes halogenated alkanes) is 2. The van der Waals surface area contributed by atoms with Gasteiger partial charge in [-0.05, 0) is 79.4 Å². The van der Waals surface area contributed by atoms with E-state index in [9.17, 15) is 14.7 Å². The molecule has 1 aromatic heterocycles.